The molecule has 0 N–H and O–H groups in total. The first-order valence-corrected chi connectivity index (χ1v) is 10.2. The Bertz CT molecular complexity index is 723. The van der Waals surface area contributed by atoms with Crippen molar-refractivity contribution in [3.63, 3.8) is 0 Å². The monoisotopic (exact) mass is 395 g/mol. The van der Waals surface area contributed by atoms with E-state index in [1.54, 1.807) is 12.0 Å². The number of carbonyl (C=O) groups is 2. The van der Waals surface area contributed by atoms with Crippen molar-refractivity contribution < 1.29 is 23.8 Å². The van der Waals surface area contributed by atoms with Crippen LogP contribution in [-0.2, 0) is 32.8 Å². The van der Waals surface area contributed by atoms with E-state index in [9.17, 15) is 9.59 Å². The number of thiophene rings is 1. The minimum atomic E-state index is -0.512. The summed E-state index contributed by atoms with van der Waals surface area (Å²) in [6.07, 6.45) is 2.84. The number of nitrogens with zero attached hydrogens (tertiary/aromatic N) is 1. The molecule has 27 heavy (non-hydrogen) atoms. The van der Waals surface area contributed by atoms with Crippen LogP contribution in [0.4, 0.5) is 4.79 Å². The molecule has 0 aromatic carbocycles. The molecule has 3 heterocycles. The molecule has 6 nitrogen and oxygen atoms in total. The number of rotatable bonds is 3. The highest BCUT2D eigenvalue weighted by Gasteiger charge is 2.47. The maximum absolute atomic E-state index is 12.5. The standard InChI is InChI=1S/C20H29NO5S/c1-13-10-20(7-8-21(13)18(23)26-19(2,3)4)17-14(6-9-25-20)15(12-24-5)16(11-22)27-17/h11,13H,6-10,12H2,1-5H3/t13-,20+/m0/s1. The fourth-order valence-corrected chi connectivity index (χ4v) is 5.46. The normalized spacial score (nSPS) is 25.4. The summed E-state index contributed by atoms with van der Waals surface area (Å²) in [4.78, 5) is 27.8. The minimum absolute atomic E-state index is 0.00722. The number of likely N-dealkylation sites (tertiary alicyclic amines) is 1. The average Bonchev–Trinajstić information content (AvgIpc) is 2.93. The molecular weight excluding hydrogens is 366 g/mol. The van der Waals surface area contributed by atoms with Crippen LogP contribution in [0.5, 0.6) is 0 Å². The van der Waals surface area contributed by atoms with E-state index in [-0.39, 0.29) is 12.1 Å². The van der Waals surface area contributed by atoms with Crippen molar-refractivity contribution in [2.45, 2.75) is 70.8 Å². The minimum Gasteiger partial charge on any atom is -0.444 e. The third kappa shape index (κ3) is 3.91. The van der Waals surface area contributed by atoms with Crippen molar-refractivity contribution in [1.29, 1.82) is 0 Å². The van der Waals surface area contributed by atoms with Gasteiger partial charge >= 0.3 is 6.09 Å². The number of amides is 1. The van der Waals surface area contributed by atoms with Crippen LogP contribution in [0.2, 0.25) is 0 Å². The summed E-state index contributed by atoms with van der Waals surface area (Å²) in [5, 5.41) is 0. The molecule has 0 saturated carbocycles. The maximum atomic E-state index is 12.5. The summed E-state index contributed by atoms with van der Waals surface area (Å²) in [6.45, 7) is 9.30. The zero-order valence-electron chi connectivity index (χ0n) is 16.8. The predicted molar refractivity (Wildman–Crippen MR) is 103 cm³/mol. The molecule has 2 aliphatic heterocycles. The summed E-state index contributed by atoms with van der Waals surface area (Å²) >= 11 is 1.52. The van der Waals surface area contributed by atoms with Crippen molar-refractivity contribution in [3.8, 4) is 0 Å². The molecule has 1 saturated heterocycles. The predicted octanol–water partition coefficient (Wildman–Crippen LogP) is 3.89. The second-order valence-corrected chi connectivity index (χ2v) is 9.43. The Morgan fingerprint density at radius 1 is 1.44 bits per heavy atom. The van der Waals surface area contributed by atoms with Crippen LogP contribution < -0.4 is 0 Å². The average molecular weight is 396 g/mol. The lowest BCUT2D eigenvalue weighted by Gasteiger charge is -2.47. The topological polar surface area (TPSA) is 65.1 Å². The van der Waals surface area contributed by atoms with E-state index in [4.69, 9.17) is 14.2 Å². The molecule has 1 fully saturated rings. The number of aldehydes is 1. The van der Waals surface area contributed by atoms with Crippen molar-refractivity contribution in [3.05, 3.63) is 20.9 Å². The molecule has 1 spiro atoms. The number of piperidine rings is 1. The first kappa shape index (κ1) is 20.3. The summed E-state index contributed by atoms with van der Waals surface area (Å²) in [6, 6.07) is -0.00722. The van der Waals surface area contributed by atoms with E-state index >= 15 is 0 Å². The second kappa shape index (κ2) is 7.53. The third-order valence-electron chi connectivity index (χ3n) is 5.23. The van der Waals surface area contributed by atoms with Gasteiger partial charge in [-0.15, -0.1) is 11.3 Å². The quantitative estimate of drug-likeness (QED) is 0.727. The Labute approximate surface area is 164 Å². The zero-order valence-corrected chi connectivity index (χ0v) is 17.6. The molecule has 2 aliphatic rings. The summed E-state index contributed by atoms with van der Waals surface area (Å²) in [7, 11) is 1.65. The zero-order chi connectivity index (χ0) is 19.8. The number of hydrogen-bond donors (Lipinski definition) is 0. The van der Waals surface area contributed by atoms with Gasteiger partial charge in [0.2, 0.25) is 0 Å². The summed E-state index contributed by atoms with van der Waals surface area (Å²) in [5.74, 6) is 0. The van der Waals surface area contributed by atoms with Gasteiger partial charge in [-0.25, -0.2) is 4.79 Å². The number of hydrogen-bond acceptors (Lipinski definition) is 6. The Hall–Kier alpha value is -1.44. The molecule has 1 aromatic heterocycles. The van der Waals surface area contributed by atoms with Gasteiger partial charge < -0.3 is 19.1 Å². The summed E-state index contributed by atoms with van der Waals surface area (Å²) in [5.41, 5.74) is 1.26. The van der Waals surface area contributed by atoms with Crippen LogP contribution in [0.1, 0.15) is 66.2 Å². The maximum Gasteiger partial charge on any atom is 0.410 e. The molecule has 2 atom stereocenters. The van der Waals surface area contributed by atoms with Crippen LogP contribution in [0, 0.1) is 0 Å². The van der Waals surface area contributed by atoms with Gasteiger partial charge in [-0.3, -0.25) is 4.79 Å². The van der Waals surface area contributed by atoms with E-state index in [2.05, 4.69) is 0 Å². The van der Waals surface area contributed by atoms with Gasteiger partial charge in [-0.1, -0.05) is 0 Å². The Balaban J connectivity index is 1.86. The van der Waals surface area contributed by atoms with Crippen molar-refractivity contribution in [1.82, 2.24) is 4.90 Å². The smallest absolute Gasteiger partial charge is 0.410 e. The fraction of sp³-hybridized carbons (Fsp3) is 0.700. The SMILES string of the molecule is COCc1c(C=O)sc2c1CCO[C@@]21CCN(C(=O)OC(C)(C)C)[C@@H](C)C1. The van der Waals surface area contributed by atoms with Gasteiger partial charge in [0.25, 0.3) is 0 Å². The lowest BCUT2D eigenvalue weighted by Crippen LogP contribution is -2.53. The highest BCUT2D eigenvalue weighted by Crippen LogP contribution is 2.48. The van der Waals surface area contributed by atoms with Crippen LogP contribution >= 0.6 is 11.3 Å². The molecule has 0 aliphatic carbocycles. The molecule has 3 rings (SSSR count). The number of methoxy groups -OCH3 is 1. The van der Waals surface area contributed by atoms with Gasteiger partial charge in [-0.05, 0) is 46.1 Å². The first-order valence-electron chi connectivity index (χ1n) is 9.43. The molecule has 1 aromatic rings. The van der Waals surface area contributed by atoms with Crippen LogP contribution in [0.3, 0.4) is 0 Å². The van der Waals surface area contributed by atoms with Crippen LogP contribution in [-0.4, -0.2) is 49.2 Å². The summed E-state index contributed by atoms with van der Waals surface area (Å²) < 4.78 is 17.2. The first-order chi connectivity index (χ1) is 12.7. The van der Waals surface area contributed by atoms with Gasteiger partial charge in [0.15, 0.2) is 6.29 Å². The van der Waals surface area contributed by atoms with Crippen molar-refractivity contribution >= 4 is 23.7 Å². The highest BCUT2D eigenvalue weighted by molar-refractivity contribution is 7.14. The second-order valence-electron chi connectivity index (χ2n) is 8.37. The number of ether oxygens (including phenoxy) is 3. The Morgan fingerprint density at radius 2 is 2.19 bits per heavy atom. The highest BCUT2D eigenvalue weighted by atomic mass is 32.1. The number of carbonyl (C=O) groups excluding carboxylic acids is 2. The van der Waals surface area contributed by atoms with Gasteiger partial charge in [-0.2, -0.15) is 0 Å². The largest absolute Gasteiger partial charge is 0.444 e. The Morgan fingerprint density at radius 3 is 2.78 bits per heavy atom. The molecule has 0 unspecified atom stereocenters. The molecule has 1 amide bonds. The van der Waals surface area contributed by atoms with E-state index < -0.39 is 11.2 Å². The molecule has 7 heteroatoms. The molecule has 0 radical (unpaired) electrons. The van der Waals surface area contributed by atoms with Crippen molar-refractivity contribution in [2.75, 3.05) is 20.3 Å². The van der Waals surface area contributed by atoms with Gasteiger partial charge in [0.05, 0.1) is 18.1 Å². The third-order valence-corrected chi connectivity index (χ3v) is 6.61. The lowest BCUT2D eigenvalue weighted by atomic mass is 9.81. The van der Waals surface area contributed by atoms with Gasteiger partial charge in [0, 0.05) is 36.6 Å². The molecular formula is C20H29NO5S. The lowest BCUT2D eigenvalue weighted by molar-refractivity contribution is -0.108. The molecule has 0 bridgehead atoms. The molecule has 150 valence electrons. The number of fused-ring (bicyclic) bond motifs is 2. The van der Waals surface area contributed by atoms with E-state index in [1.807, 2.05) is 27.7 Å². The Kier molecular flexibility index (Phi) is 5.66. The van der Waals surface area contributed by atoms with Gasteiger partial charge in [0.1, 0.15) is 11.2 Å². The van der Waals surface area contributed by atoms with Crippen LogP contribution in [0.15, 0.2) is 0 Å². The van der Waals surface area contributed by atoms with E-state index in [0.717, 1.165) is 28.0 Å². The van der Waals surface area contributed by atoms with E-state index in [0.29, 0.717) is 32.6 Å². The van der Waals surface area contributed by atoms with Crippen molar-refractivity contribution in [2.24, 2.45) is 0 Å². The van der Waals surface area contributed by atoms with Crippen LogP contribution in [0.25, 0.3) is 0 Å². The van der Waals surface area contributed by atoms with E-state index in [1.165, 1.54) is 16.9 Å². The fourth-order valence-electron chi connectivity index (χ4n) is 4.10.